The molecule has 5 nitrogen and oxygen atoms in total. The lowest BCUT2D eigenvalue weighted by molar-refractivity contribution is 0.0993. The predicted octanol–water partition coefficient (Wildman–Crippen LogP) is 4.41. The number of hydrogen-bond donors (Lipinski definition) is 0. The number of para-hydroxylation sites is 1. The molecule has 3 aromatic carbocycles. The fraction of sp³-hybridized carbons (Fsp3) is 0.174. The van der Waals surface area contributed by atoms with Crippen LogP contribution < -0.4 is 9.21 Å². The average molecular weight is 409 g/mol. The molecule has 150 valence electrons. The van der Waals surface area contributed by atoms with Crippen LogP contribution >= 0.6 is 0 Å². The van der Waals surface area contributed by atoms with Crippen molar-refractivity contribution in [2.45, 2.75) is 18.7 Å². The highest BCUT2D eigenvalue weighted by Crippen LogP contribution is 2.27. The first-order chi connectivity index (χ1) is 13.7. The number of aryl methyl sites for hydroxylation is 2. The van der Waals surface area contributed by atoms with Crippen molar-refractivity contribution in [1.82, 2.24) is 0 Å². The maximum atomic E-state index is 13.1. The monoisotopic (exact) mass is 408 g/mol. The molecule has 0 radical (unpaired) electrons. The van der Waals surface area contributed by atoms with Crippen molar-refractivity contribution < 1.29 is 13.2 Å². The molecule has 0 aromatic heterocycles. The Hall–Kier alpha value is -3.12. The molecule has 0 aliphatic heterocycles. The summed E-state index contributed by atoms with van der Waals surface area (Å²) in [6, 6.07) is 21.1. The number of sulfonamides is 1. The highest BCUT2D eigenvalue weighted by Gasteiger charge is 2.24. The Labute approximate surface area is 172 Å². The minimum absolute atomic E-state index is 0.210. The lowest BCUT2D eigenvalue weighted by Gasteiger charge is -2.23. The maximum absolute atomic E-state index is 13.1. The Morgan fingerprint density at radius 2 is 1.45 bits per heavy atom. The van der Waals surface area contributed by atoms with Crippen LogP contribution in [0.25, 0.3) is 0 Å². The van der Waals surface area contributed by atoms with Gasteiger partial charge in [0.25, 0.3) is 15.9 Å². The Morgan fingerprint density at radius 1 is 0.828 bits per heavy atom. The van der Waals surface area contributed by atoms with Crippen LogP contribution in [0.2, 0.25) is 0 Å². The van der Waals surface area contributed by atoms with Gasteiger partial charge in [-0.25, -0.2) is 8.42 Å². The Kier molecular flexibility index (Phi) is 5.75. The zero-order valence-corrected chi connectivity index (χ0v) is 17.8. The molecule has 0 saturated heterocycles. The van der Waals surface area contributed by atoms with E-state index in [-0.39, 0.29) is 10.8 Å². The van der Waals surface area contributed by atoms with Crippen LogP contribution in [-0.2, 0) is 10.0 Å². The molecule has 0 aliphatic carbocycles. The van der Waals surface area contributed by atoms with Gasteiger partial charge in [0.15, 0.2) is 0 Å². The molecule has 0 aliphatic rings. The zero-order chi connectivity index (χ0) is 21.2. The third kappa shape index (κ3) is 4.17. The first-order valence-corrected chi connectivity index (χ1v) is 10.6. The summed E-state index contributed by atoms with van der Waals surface area (Å²) in [6.07, 6.45) is 0. The van der Waals surface area contributed by atoms with E-state index < -0.39 is 10.0 Å². The van der Waals surface area contributed by atoms with Gasteiger partial charge in [0.1, 0.15) is 0 Å². The van der Waals surface area contributed by atoms with Crippen LogP contribution in [0.5, 0.6) is 0 Å². The maximum Gasteiger partial charge on any atom is 0.264 e. The van der Waals surface area contributed by atoms with E-state index in [1.165, 1.54) is 11.4 Å². The number of carbonyl (C=O) groups is 1. The molecule has 0 bridgehead atoms. The molecular formula is C23H24N2O3S. The minimum Gasteiger partial charge on any atom is -0.311 e. The lowest BCUT2D eigenvalue weighted by atomic mass is 10.1. The number of rotatable bonds is 5. The summed E-state index contributed by atoms with van der Waals surface area (Å²) in [5.74, 6) is -0.210. The largest absolute Gasteiger partial charge is 0.311 e. The second-order valence-corrected chi connectivity index (χ2v) is 8.96. The summed E-state index contributed by atoms with van der Waals surface area (Å²) in [7, 11) is -0.533. The smallest absolute Gasteiger partial charge is 0.264 e. The van der Waals surface area contributed by atoms with Gasteiger partial charge in [-0.15, -0.1) is 0 Å². The summed E-state index contributed by atoms with van der Waals surface area (Å²) in [4.78, 5) is 14.7. The van der Waals surface area contributed by atoms with E-state index in [1.807, 2.05) is 44.2 Å². The molecule has 0 saturated carbocycles. The molecule has 0 fully saturated rings. The van der Waals surface area contributed by atoms with Crippen molar-refractivity contribution in [2.24, 2.45) is 0 Å². The third-order valence-corrected chi connectivity index (χ3v) is 6.71. The van der Waals surface area contributed by atoms with Crippen molar-refractivity contribution in [3.8, 4) is 0 Å². The van der Waals surface area contributed by atoms with E-state index in [4.69, 9.17) is 0 Å². The van der Waals surface area contributed by atoms with Crippen LogP contribution in [0.3, 0.4) is 0 Å². The molecule has 6 heteroatoms. The van der Waals surface area contributed by atoms with Gasteiger partial charge in [0.05, 0.1) is 10.6 Å². The van der Waals surface area contributed by atoms with E-state index in [2.05, 4.69) is 0 Å². The van der Waals surface area contributed by atoms with E-state index in [0.29, 0.717) is 11.3 Å². The number of nitrogens with zero attached hydrogens (tertiary/aromatic N) is 2. The molecular weight excluding hydrogens is 384 g/mol. The quantitative estimate of drug-likeness (QED) is 0.629. The molecule has 29 heavy (non-hydrogen) atoms. The van der Waals surface area contributed by atoms with E-state index in [1.54, 1.807) is 54.4 Å². The van der Waals surface area contributed by atoms with Gasteiger partial charge in [-0.2, -0.15) is 0 Å². The second-order valence-electron chi connectivity index (χ2n) is 6.99. The highest BCUT2D eigenvalue weighted by atomic mass is 32.2. The van der Waals surface area contributed by atoms with Gasteiger partial charge in [0, 0.05) is 25.3 Å². The summed E-state index contributed by atoms with van der Waals surface area (Å²) in [5, 5.41) is 0. The Morgan fingerprint density at radius 3 is 2.07 bits per heavy atom. The van der Waals surface area contributed by atoms with Gasteiger partial charge >= 0.3 is 0 Å². The SMILES string of the molecule is Cc1ccc(S(=O)(=O)N(C)c2cc(C(=O)N(C)c3ccccc3)ccc2C)cc1. The molecule has 3 rings (SSSR count). The molecule has 0 atom stereocenters. The van der Waals surface area contributed by atoms with Crippen molar-refractivity contribution in [2.75, 3.05) is 23.3 Å². The minimum atomic E-state index is -3.74. The summed E-state index contributed by atoms with van der Waals surface area (Å²) >= 11 is 0. The number of anilines is 2. The number of benzene rings is 3. The third-order valence-electron chi connectivity index (χ3n) is 4.92. The van der Waals surface area contributed by atoms with Crippen molar-refractivity contribution in [3.63, 3.8) is 0 Å². The van der Waals surface area contributed by atoms with Crippen molar-refractivity contribution in [3.05, 3.63) is 89.5 Å². The number of amides is 1. The van der Waals surface area contributed by atoms with Crippen LogP contribution in [0.4, 0.5) is 11.4 Å². The molecule has 0 unspecified atom stereocenters. The standard InChI is InChI=1S/C23H24N2O3S/c1-17-10-14-21(15-11-17)29(27,28)25(4)22-16-19(13-12-18(22)2)23(26)24(3)20-8-6-5-7-9-20/h5-16H,1-4H3. The van der Waals surface area contributed by atoms with Gasteiger partial charge in [-0.1, -0.05) is 42.0 Å². The summed E-state index contributed by atoms with van der Waals surface area (Å²) < 4.78 is 27.4. The van der Waals surface area contributed by atoms with Crippen LogP contribution in [0, 0.1) is 13.8 Å². The van der Waals surface area contributed by atoms with Crippen molar-refractivity contribution >= 4 is 27.3 Å². The number of hydrogen-bond acceptors (Lipinski definition) is 3. The fourth-order valence-electron chi connectivity index (χ4n) is 3.04. The van der Waals surface area contributed by atoms with Crippen molar-refractivity contribution in [1.29, 1.82) is 0 Å². The molecule has 3 aromatic rings. The molecule has 0 N–H and O–H groups in total. The van der Waals surface area contributed by atoms with E-state index in [0.717, 1.165) is 16.8 Å². The molecule has 0 heterocycles. The first-order valence-electron chi connectivity index (χ1n) is 9.21. The van der Waals surface area contributed by atoms with Crippen LogP contribution in [0.1, 0.15) is 21.5 Å². The molecule has 0 spiro atoms. The summed E-state index contributed by atoms with van der Waals surface area (Å²) in [6.45, 7) is 3.73. The van der Waals surface area contributed by atoms with Gasteiger partial charge in [0.2, 0.25) is 0 Å². The normalized spacial score (nSPS) is 11.2. The predicted molar refractivity (Wildman–Crippen MR) is 117 cm³/mol. The second kappa shape index (κ2) is 8.09. The van der Waals surface area contributed by atoms with E-state index >= 15 is 0 Å². The van der Waals surface area contributed by atoms with Gasteiger partial charge in [-0.3, -0.25) is 9.10 Å². The fourth-order valence-corrected chi connectivity index (χ4v) is 4.29. The first kappa shape index (κ1) is 20.6. The van der Waals surface area contributed by atoms with Crippen LogP contribution in [0.15, 0.2) is 77.7 Å². The lowest BCUT2D eigenvalue weighted by Crippen LogP contribution is -2.29. The Bertz CT molecular complexity index is 1120. The highest BCUT2D eigenvalue weighted by molar-refractivity contribution is 7.92. The zero-order valence-electron chi connectivity index (χ0n) is 17.0. The number of carbonyl (C=O) groups excluding carboxylic acids is 1. The molecule has 1 amide bonds. The van der Waals surface area contributed by atoms with E-state index in [9.17, 15) is 13.2 Å². The van der Waals surface area contributed by atoms with Gasteiger partial charge in [-0.05, 0) is 55.8 Å². The average Bonchev–Trinajstić information content (AvgIpc) is 2.73. The van der Waals surface area contributed by atoms with Crippen LogP contribution in [-0.4, -0.2) is 28.4 Å². The topological polar surface area (TPSA) is 57.7 Å². The summed E-state index contributed by atoms with van der Waals surface area (Å²) in [5.41, 5.74) is 3.41. The Balaban J connectivity index is 1.96. The van der Waals surface area contributed by atoms with Gasteiger partial charge < -0.3 is 4.90 Å².